The molecule has 0 heterocycles. The molecule has 0 atom stereocenters. The molecule has 10 heteroatoms. The van der Waals surface area contributed by atoms with Gasteiger partial charge in [0.2, 0.25) is 0 Å². The highest BCUT2D eigenvalue weighted by molar-refractivity contribution is 7.91. The largest absolute Gasteiger partial charge is 0.497 e. The van der Waals surface area contributed by atoms with Crippen LogP contribution in [0, 0.1) is 0 Å². The van der Waals surface area contributed by atoms with E-state index in [0.29, 0.717) is 23.8 Å². The number of guanidine groups is 1. The molecule has 0 bridgehead atoms. The molecule has 7 nitrogen and oxygen atoms in total. The second-order valence-corrected chi connectivity index (χ2v) is 8.22. The van der Waals surface area contributed by atoms with E-state index in [2.05, 4.69) is 20.4 Å². The number of sulfone groups is 1. The Hall–Kier alpha value is -2.88. The van der Waals surface area contributed by atoms with Crippen LogP contribution < -0.4 is 20.1 Å². The van der Waals surface area contributed by atoms with Crippen molar-refractivity contribution >= 4 is 15.8 Å². The lowest BCUT2D eigenvalue weighted by Gasteiger charge is -2.14. The quantitative estimate of drug-likeness (QED) is 0.435. The molecule has 2 rings (SSSR count). The summed E-state index contributed by atoms with van der Waals surface area (Å²) in [5.41, 5.74) is 0.406. The predicted octanol–water partition coefficient (Wildman–Crippen LogP) is 2.83. The Kier molecular flexibility index (Phi) is 8.85. The first kappa shape index (κ1) is 23.4. The van der Waals surface area contributed by atoms with Crippen molar-refractivity contribution in [3.8, 4) is 11.5 Å². The normalized spacial score (nSPS) is 12.0. The van der Waals surface area contributed by atoms with E-state index >= 15 is 0 Å². The van der Waals surface area contributed by atoms with Gasteiger partial charge in [-0.1, -0.05) is 18.2 Å². The van der Waals surface area contributed by atoms with Crippen LogP contribution in [0.3, 0.4) is 0 Å². The van der Waals surface area contributed by atoms with Gasteiger partial charge in [-0.3, -0.25) is 0 Å². The number of alkyl halides is 2. The van der Waals surface area contributed by atoms with Gasteiger partial charge in [0.05, 0.1) is 24.3 Å². The van der Waals surface area contributed by atoms with Crippen LogP contribution in [0.25, 0.3) is 0 Å². The molecule has 0 aliphatic heterocycles. The minimum Gasteiger partial charge on any atom is -0.497 e. The zero-order valence-electron chi connectivity index (χ0n) is 16.8. The summed E-state index contributed by atoms with van der Waals surface area (Å²) in [5.74, 6) is 0.706. The lowest BCUT2D eigenvalue weighted by molar-refractivity contribution is -0.0504. The average molecular weight is 442 g/mol. The first-order valence-corrected chi connectivity index (χ1v) is 10.9. The van der Waals surface area contributed by atoms with Crippen molar-refractivity contribution in [3.05, 3.63) is 54.1 Å². The molecule has 0 aliphatic carbocycles. The Morgan fingerprint density at radius 3 is 2.50 bits per heavy atom. The number of halogens is 2. The summed E-state index contributed by atoms with van der Waals surface area (Å²) in [5, 5.41) is 5.94. The number of methoxy groups -OCH3 is 1. The lowest BCUT2D eigenvalue weighted by Crippen LogP contribution is -2.39. The molecule has 0 unspecified atom stereocenters. The van der Waals surface area contributed by atoms with Gasteiger partial charge < -0.3 is 20.1 Å². The highest BCUT2D eigenvalue weighted by Gasteiger charge is 2.14. The van der Waals surface area contributed by atoms with Crippen molar-refractivity contribution in [1.82, 2.24) is 10.6 Å². The number of ether oxygens (including phenoxy) is 2. The van der Waals surface area contributed by atoms with Crippen molar-refractivity contribution in [1.29, 1.82) is 0 Å². The third-order valence-corrected chi connectivity index (χ3v) is 5.73. The van der Waals surface area contributed by atoms with Crippen LogP contribution in [0.15, 0.2) is 58.4 Å². The molecule has 0 saturated heterocycles. The molecule has 0 aromatic heterocycles. The second kappa shape index (κ2) is 11.3. The van der Waals surface area contributed by atoms with E-state index in [1.807, 2.05) is 6.92 Å². The van der Waals surface area contributed by atoms with E-state index in [0.717, 1.165) is 0 Å². The summed E-state index contributed by atoms with van der Waals surface area (Å²) in [6, 6.07) is 12.6. The monoisotopic (exact) mass is 441 g/mol. The Balaban J connectivity index is 2.07. The summed E-state index contributed by atoms with van der Waals surface area (Å²) in [7, 11) is -1.97. The van der Waals surface area contributed by atoms with E-state index < -0.39 is 16.4 Å². The molecule has 2 aromatic rings. The van der Waals surface area contributed by atoms with Gasteiger partial charge in [-0.2, -0.15) is 8.78 Å². The van der Waals surface area contributed by atoms with Crippen LogP contribution in [-0.4, -0.2) is 46.9 Å². The highest BCUT2D eigenvalue weighted by Crippen LogP contribution is 2.26. The van der Waals surface area contributed by atoms with Gasteiger partial charge in [-0.05, 0) is 37.3 Å². The fourth-order valence-electron chi connectivity index (χ4n) is 2.57. The molecule has 0 amide bonds. The van der Waals surface area contributed by atoms with Crippen LogP contribution in [0.1, 0.15) is 12.5 Å². The standard InChI is InChI=1S/C20H25F2N3O4S/c1-3-23-20(24-11-12-30(26,27)17-7-5-4-6-8-17)25-14-15-13-16(28-2)9-10-18(15)29-19(21)22/h4-10,13,19H,3,11-12,14H2,1-2H3,(H2,23,24,25). The number of hydrogen-bond donors (Lipinski definition) is 2. The highest BCUT2D eigenvalue weighted by atomic mass is 32.2. The molecular weight excluding hydrogens is 416 g/mol. The zero-order chi connectivity index (χ0) is 22.0. The minimum absolute atomic E-state index is 0.00273. The maximum atomic E-state index is 12.6. The van der Waals surface area contributed by atoms with Gasteiger partial charge in [0.15, 0.2) is 15.8 Å². The summed E-state index contributed by atoms with van der Waals surface area (Å²) in [6.07, 6.45) is 0. The fraction of sp³-hybridized carbons (Fsp3) is 0.350. The summed E-state index contributed by atoms with van der Waals surface area (Å²) < 4.78 is 59.7. The predicted molar refractivity (Wildman–Crippen MR) is 111 cm³/mol. The Morgan fingerprint density at radius 2 is 1.87 bits per heavy atom. The number of aliphatic imine (C=N–C) groups is 1. The number of benzene rings is 2. The van der Waals surface area contributed by atoms with Gasteiger partial charge in [0.25, 0.3) is 0 Å². The van der Waals surface area contributed by atoms with Crippen molar-refractivity contribution in [3.63, 3.8) is 0 Å². The van der Waals surface area contributed by atoms with Crippen molar-refractivity contribution in [2.45, 2.75) is 25.0 Å². The molecule has 164 valence electrons. The minimum atomic E-state index is -3.43. The number of nitrogens with one attached hydrogen (secondary N) is 2. The Bertz CT molecular complexity index is 938. The number of hydrogen-bond acceptors (Lipinski definition) is 5. The molecule has 0 fully saturated rings. The average Bonchev–Trinajstić information content (AvgIpc) is 2.73. The number of nitrogens with zero attached hydrogens (tertiary/aromatic N) is 1. The van der Waals surface area contributed by atoms with Gasteiger partial charge in [-0.25, -0.2) is 13.4 Å². The molecule has 0 radical (unpaired) electrons. The van der Waals surface area contributed by atoms with Crippen molar-refractivity contribution < 1.29 is 26.7 Å². The van der Waals surface area contributed by atoms with Crippen LogP contribution >= 0.6 is 0 Å². The fourth-order valence-corrected chi connectivity index (χ4v) is 3.75. The lowest BCUT2D eigenvalue weighted by atomic mass is 10.2. The van der Waals surface area contributed by atoms with E-state index in [1.165, 1.54) is 19.2 Å². The molecule has 30 heavy (non-hydrogen) atoms. The van der Waals surface area contributed by atoms with Crippen LogP contribution in [0.2, 0.25) is 0 Å². The van der Waals surface area contributed by atoms with Crippen molar-refractivity contribution in [2.75, 3.05) is 26.0 Å². The zero-order valence-corrected chi connectivity index (χ0v) is 17.6. The van der Waals surface area contributed by atoms with Gasteiger partial charge in [-0.15, -0.1) is 0 Å². The van der Waals surface area contributed by atoms with Gasteiger partial charge in [0.1, 0.15) is 11.5 Å². The van der Waals surface area contributed by atoms with Crippen LogP contribution in [0.4, 0.5) is 8.78 Å². The third-order valence-electron chi connectivity index (χ3n) is 4.00. The van der Waals surface area contributed by atoms with Crippen LogP contribution in [0.5, 0.6) is 11.5 Å². The molecule has 0 spiro atoms. The number of rotatable bonds is 10. The Morgan fingerprint density at radius 1 is 1.13 bits per heavy atom. The maximum absolute atomic E-state index is 12.6. The topological polar surface area (TPSA) is 89.0 Å². The summed E-state index contributed by atoms with van der Waals surface area (Å²) in [6.45, 7) is -0.415. The summed E-state index contributed by atoms with van der Waals surface area (Å²) >= 11 is 0. The van der Waals surface area contributed by atoms with Crippen LogP contribution in [-0.2, 0) is 16.4 Å². The van der Waals surface area contributed by atoms with E-state index in [-0.39, 0.29) is 29.5 Å². The molecule has 0 aliphatic rings. The third kappa shape index (κ3) is 7.18. The first-order chi connectivity index (χ1) is 14.4. The van der Waals surface area contributed by atoms with Gasteiger partial charge in [0, 0.05) is 18.7 Å². The van der Waals surface area contributed by atoms with E-state index in [1.54, 1.807) is 36.4 Å². The molecular formula is C20H25F2N3O4S. The smallest absolute Gasteiger partial charge is 0.387 e. The molecule has 2 N–H and O–H groups in total. The van der Waals surface area contributed by atoms with E-state index in [9.17, 15) is 17.2 Å². The second-order valence-electron chi connectivity index (χ2n) is 6.11. The molecule has 2 aromatic carbocycles. The first-order valence-electron chi connectivity index (χ1n) is 9.27. The maximum Gasteiger partial charge on any atom is 0.387 e. The Labute approximate surface area is 175 Å². The van der Waals surface area contributed by atoms with Crippen molar-refractivity contribution in [2.24, 2.45) is 4.99 Å². The SMILES string of the molecule is CCNC(=NCc1cc(OC)ccc1OC(F)F)NCCS(=O)(=O)c1ccccc1. The van der Waals surface area contributed by atoms with Gasteiger partial charge >= 0.3 is 6.61 Å². The molecule has 0 saturated carbocycles. The summed E-state index contributed by atoms with van der Waals surface area (Å²) in [4.78, 5) is 4.59. The van der Waals surface area contributed by atoms with E-state index in [4.69, 9.17) is 4.74 Å².